The van der Waals surface area contributed by atoms with Gasteiger partial charge >= 0.3 is 6.09 Å². The number of aliphatic hydroxyl groups is 1. The maximum atomic E-state index is 10.8. The van der Waals surface area contributed by atoms with Gasteiger partial charge in [-0.15, -0.1) is 0 Å². The number of carboxylic acid groups (broad SMARTS) is 1. The Kier molecular flexibility index (Phi) is 4.03. The molecule has 0 aromatic carbocycles. The number of carbonyl (C=O) groups is 1. The van der Waals surface area contributed by atoms with E-state index in [1.807, 2.05) is 17.8 Å². The summed E-state index contributed by atoms with van der Waals surface area (Å²) in [4.78, 5) is 18.6. The van der Waals surface area contributed by atoms with Crippen LogP contribution in [0, 0.1) is 0 Å². The number of likely N-dealkylation sites (tertiary alicyclic amines) is 1. The van der Waals surface area contributed by atoms with Crippen molar-refractivity contribution in [3.05, 3.63) is 15.9 Å². The zero-order chi connectivity index (χ0) is 13.1. The van der Waals surface area contributed by atoms with Gasteiger partial charge in [-0.1, -0.05) is 11.3 Å². The second-order valence-electron chi connectivity index (χ2n) is 4.38. The molecule has 1 saturated heterocycles. The van der Waals surface area contributed by atoms with Crippen LogP contribution in [0.25, 0.3) is 0 Å². The highest BCUT2D eigenvalue weighted by atomic mass is 32.1. The average Bonchev–Trinajstić information content (AvgIpc) is 2.71. The summed E-state index contributed by atoms with van der Waals surface area (Å²) in [5.74, 6) is 0. The molecule has 100 valence electrons. The molecule has 2 N–H and O–H groups in total. The Bertz CT molecular complexity index is 486. The average molecular weight is 271 g/mol. The Morgan fingerprint density at radius 2 is 2.22 bits per heavy atom. The first-order valence-electron chi connectivity index (χ1n) is 5.88. The molecular formula is C11H17N3O3S. The third kappa shape index (κ3) is 2.91. The molecule has 18 heavy (non-hydrogen) atoms. The fourth-order valence-corrected chi connectivity index (χ4v) is 2.93. The van der Waals surface area contributed by atoms with Gasteiger partial charge in [-0.2, -0.15) is 0 Å². The number of piperidine rings is 1. The van der Waals surface area contributed by atoms with Gasteiger partial charge in [-0.25, -0.2) is 4.79 Å². The maximum Gasteiger partial charge on any atom is 0.407 e. The van der Waals surface area contributed by atoms with Gasteiger partial charge in [-0.3, -0.25) is 4.99 Å². The van der Waals surface area contributed by atoms with E-state index in [0.29, 0.717) is 13.1 Å². The van der Waals surface area contributed by atoms with Crippen LogP contribution in [0.2, 0.25) is 0 Å². The van der Waals surface area contributed by atoms with Crippen LogP contribution in [0.15, 0.2) is 11.2 Å². The summed E-state index contributed by atoms with van der Waals surface area (Å²) in [6, 6.07) is 0.178. The standard InChI is InChI=1S/C11H17N3O3S/c1-13-6-9(7-15)18-10(13)12-8-2-4-14(5-3-8)11(16)17/h6,8,15H,2-5,7H2,1H3,(H,16,17). The van der Waals surface area contributed by atoms with E-state index in [1.165, 1.54) is 16.2 Å². The molecule has 1 fully saturated rings. The molecule has 0 aliphatic carbocycles. The first-order chi connectivity index (χ1) is 8.60. The topological polar surface area (TPSA) is 78.1 Å². The molecule has 1 aliphatic rings. The molecule has 7 heteroatoms. The molecule has 0 saturated carbocycles. The molecule has 0 atom stereocenters. The summed E-state index contributed by atoms with van der Waals surface area (Å²) in [6.07, 6.45) is 2.55. The quantitative estimate of drug-likeness (QED) is 0.828. The number of amides is 1. The second-order valence-corrected chi connectivity index (χ2v) is 5.47. The lowest BCUT2D eigenvalue weighted by molar-refractivity contribution is 0.132. The van der Waals surface area contributed by atoms with Crippen molar-refractivity contribution in [1.82, 2.24) is 9.47 Å². The molecule has 2 rings (SSSR count). The highest BCUT2D eigenvalue weighted by Crippen LogP contribution is 2.13. The van der Waals surface area contributed by atoms with Crippen LogP contribution in [0.1, 0.15) is 17.7 Å². The van der Waals surface area contributed by atoms with Gasteiger partial charge in [0.25, 0.3) is 0 Å². The molecule has 2 heterocycles. The van der Waals surface area contributed by atoms with Gasteiger partial charge in [0, 0.05) is 31.2 Å². The zero-order valence-corrected chi connectivity index (χ0v) is 11.1. The van der Waals surface area contributed by atoms with E-state index in [9.17, 15) is 4.79 Å². The number of hydrogen-bond acceptors (Lipinski definition) is 4. The van der Waals surface area contributed by atoms with Crippen molar-refractivity contribution in [2.45, 2.75) is 25.5 Å². The summed E-state index contributed by atoms with van der Waals surface area (Å²) in [7, 11) is 1.90. The molecule has 0 radical (unpaired) electrons. The number of aryl methyl sites for hydroxylation is 1. The van der Waals surface area contributed by atoms with Crippen molar-refractivity contribution >= 4 is 17.4 Å². The molecule has 1 aliphatic heterocycles. The highest BCUT2D eigenvalue weighted by molar-refractivity contribution is 7.09. The van der Waals surface area contributed by atoms with Crippen LogP contribution in [-0.2, 0) is 13.7 Å². The van der Waals surface area contributed by atoms with Crippen molar-refractivity contribution in [2.75, 3.05) is 13.1 Å². The summed E-state index contributed by atoms with van der Waals surface area (Å²) >= 11 is 1.48. The van der Waals surface area contributed by atoms with Gasteiger partial charge in [-0.05, 0) is 12.8 Å². The van der Waals surface area contributed by atoms with E-state index in [2.05, 4.69) is 4.99 Å². The van der Waals surface area contributed by atoms with Crippen molar-refractivity contribution in [2.24, 2.45) is 12.0 Å². The van der Waals surface area contributed by atoms with Crippen molar-refractivity contribution < 1.29 is 15.0 Å². The molecule has 1 aromatic heterocycles. The molecule has 6 nitrogen and oxygen atoms in total. The van der Waals surface area contributed by atoms with Gasteiger partial charge < -0.3 is 19.7 Å². The predicted molar refractivity (Wildman–Crippen MR) is 67.4 cm³/mol. The molecule has 0 bridgehead atoms. The highest BCUT2D eigenvalue weighted by Gasteiger charge is 2.21. The van der Waals surface area contributed by atoms with Gasteiger partial charge in [0.05, 0.1) is 12.6 Å². The van der Waals surface area contributed by atoms with Crippen LogP contribution in [-0.4, -0.2) is 44.9 Å². The Morgan fingerprint density at radius 1 is 1.56 bits per heavy atom. The third-order valence-corrected chi connectivity index (χ3v) is 4.12. The van der Waals surface area contributed by atoms with Crippen molar-refractivity contribution in [3.63, 3.8) is 0 Å². The van der Waals surface area contributed by atoms with Crippen LogP contribution < -0.4 is 4.80 Å². The predicted octanol–water partition coefficient (Wildman–Crippen LogP) is 0.622. The van der Waals surface area contributed by atoms with Crippen molar-refractivity contribution in [1.29, 1.82) is 0 Å². The first-order valence-corrected chi connectivity index (χ1v) is 6.69. The SMILES string of the molecule is Cn1cc(CO)sc1=NC1CCN(C(=O)O)CC1. The van der Waals surface area contributed by atoms with E-state index < -0.39 is 6.09 Å². The van der Waals surface area contributed by atoms with E-state index in [1.54, 1.807) is 0 Å². The molecule has 0 unspecified atom stereocenters. The van der Waals surface area contributed by atoms with Gasteiger partial charge in [0.2, 0.25) is 0 Å². The Labute approximate surface area is 109 Å². The maximum absolute atomic E-state index is 10.8. The normalized spacial score (nSPS) is 18.3. The monoisotopic (exact) mass is 271 g/mol. The second kappa shape index (κ2) is 5.53. The Hall–Kier alpha value is -1.34. The summed E-state index contributed by atoms with van der Waals surface area (Å²) in [5, 5.41) is 17.9. The lowest BCUT2D eigenvalue weighted by Crippen LogP contribution is -2.39. The van der Waals surface area contributed by atoms with E-state index in [0.717, 1.165) is 22.5 Å². The number of nitrogens with zero attached hydrogens (tertiary/aromatic N) is 3. The summed E-state index contributed by atoms with van der Waals surface area (Å²) in [6.45, 7) is 1.13. The number of thiazole rings is 1. The molecule has 0 spiro atoms. The number of aromatic nitrogens is 1. The molecular weight excluding hydrogens is 254 g/mol. The lowest BCUT2D eigenvalue weighted by Gasteiger charge is -2.27. The summed E-state index contributed by atoms with van der Waals surface area (Å²) in [5.41, 5.74) is 0. The van der Waals surface area contributed by atoms with E-state index >= 15 is 0 Å². The summed E-state index contributed by atoms with van der Waals surface area (Å²) < 4.78 is 1.90. The van der Waals surface area contributed by atoms with Crippen LogP contribution in [0.4, 0.5) is 4.79 Å². The number of hydrogen-bond donors (Lipinski definition) is 2. The number of aliphatic hydroxyl groups excluding tert-OH is 1. The lowest BCUT2D eigenvalue weighted by atomic mass is 10.1. The van der Waals surface area contributed by atoms with Crippen LogP contribution in [0.5, 0.6) is 0 Å². The zero-order valence-electron chi connectivity index (χ0n) is 10.2. The Balaban J connectivity index is 2.06. The largest absolute Gasteiger partial charge is 0.465 e. The third-order valence-electron chi connectivity index (χ3n) is 3.05. The smallest absolute Gasteiger partial charge is 0.407 e. The van der Waals surface area contributed by atoms with Crippen molar-refractivity contribution in [3.8, 4) is 0 Å². The fourth-order valence-electron chi connectivity index (χ4n) is 2.02. The molecule has 1 amide bonds. The number of rotatable bonds is 2. The minimum absolute atomic E-state index is 0.0332. The first kappa shape index (κ1) is 13.1. The minimum atomic E-state index is -0.849. The van der Waals surface area contributed by atoms with Gasteiger partial charge in [0.15, 0.2) is 4.80 Å². The molecule has 1 aromatic rings. The van der Waals surface area contributed by atoms with E-state index in [4.69, 9.17) is 10.2 Å². The van der Waals surface area contributed by atoms with Crippen LogP contribution in [0.3, 0.4) is 0 Å². The van der Waals surface area contributed by atoms with Gasteiger partial charge in [0.1, 0.15) is 0 Å². The Morgan fingerprint density at radius 3 is 2.72 bits per heavy atom. The minimum Gasteiger partial charge on any atom is -0.465 e. The van der Waals surface area contributed by atoms with Crippen LogP contribution >= 0.6 is 11.3 Å². The van der Waals surface area contributed by atoms with E-state index in [-0.39, 0.29) is 12.6 Å². The fraction of sp³-hybridized carbons (Fsp3) is 0.636.